The van der Waals surface area contributed by atoms with Crippen LogP contribution in [-0.4, -0.2) is 35.6 Å². The molecule has 1 aromatic rings. The van der Waals surface area contributed by atoms with Crippen molar-refractivity contribution >= 4 is 11.6 Å². The summed E-state index contributed by atoms with van der Waals surface area (Å²) in [5, 5.41) is 8.96. The molecule has 5 heteroatoms. The van der Waals surface area contributed by atoms with Gasteiger partial charge in [-0.15, -0.1) is 0 Å². The summed E-state index contributed by atoms with van der Waals surface area (Å²) in [6.45, 7) is 6.97. The Morgan fingerprint density at radius 1 is 1.50 bits per heavy atom. The minimum absolute atomic E-state index is 0.415. The molecule has 2 atom stereocenters. The fourth-order valence-corrected chi connectivity index (χ4v) is 3.37. The lowest BCUT2D eigenvalue weighted by Gasteiger charge is -2.31. The van der Waals surface area contributed by atoms with Crippen molar-refractivity contribution in [2.24, 2.45) is 13.0 Å². The third kappa shape index (κ3) is 3.54. The molecule has 1 saturated heterocycles. The number of halogens is 1. The quantitative estimate of drug-likeness (QED) is 0.877. The summed E-state index contributed by atoms with van der Waals surface area (Å²) in [6, 6.07) is 0.415. The van der Waals surface area contributed by atoms with Gasteiger partial charge in [0.2, 0.25) is 0 Å². The van der Waals surface area contributed by atoms with Gasteiger partial charge in [-0.1, -0.05) is 25.4 Å². The maximum Gasteiger partial charge on any atom is 0.0850 e. The smallest absolute Gasteiger partial charge is 0.0850 e. The van der Waals surface area contributed by atoms with Gasteiger partial charge in [-0.25, -0.2) is 0 Å². The van der Waals surface area contributed by atoms with Gasteiger partial charge in [0.25, 0.3) is 0 Å². The van der Waals surface area contributed by atoms with Crippen LogP contribution in [0, 0.1) is 5.92 Å². The number of rotatable bonds is 6. The summed E-state index contributed by atoms with van der Waals surface area (Å²) < 4.78 is 7.58. The zero-order chi connectivity index (χ0) is 14.5. The lowest BCUT2D eigenvalue weighted by Crippen LogP contribution is -2.42. The standard InChI is InChI=1S/C15H26ClN3O/c1-4-12-15(16)14(19(3)18-12)9-13(17-5-2)11-7-6-8-20-10-11/h11,13,17H,4-10H2,1-3H3. The van der Waals surface area contributed by atoms with Gasteiger partial charge in [-0.3, -0.25) is 4.68 Å². The molecule has 0 aromatic carbocycles. The lowest BCUT2D eigenvalue weighted by molar-refractivity contribution is 0.0393. The number of hydrogen-bond acceptors (Lipinski definition) is 3. The molecule has 1 aliphatic rings. The van der Waals surface area contributed by atoms with Crippen molar-refractivity contribution in [2.45, 2.75) is 45.6 Å². The van der Waals surface area contributed by atoms with Crippen LogP contribution in [0.25, 0.3) is 0 Å². The van der Waals surface area contributed by atoms with Crippen LogP contribution in [0.3, 0.4) is 0 Å². The Morgan fingerprint density at radius 3 is 2.85 bits per heavy atom. The Balaban J connectivity index is 2.12. The predicted octanol–water partition coefficient (Wildman–Crippen LogP) is 2.58. The van der Waals surface area contributed by atoms with Crippen LogP contribution in [0.5, 0.6) is 0 Å². The van der Waals surface area contributed by atoms with Gasteiger partial charge in [-0.2, -0.15) is 5.10 Å². The Kier molecular flexibility index (Phi) is 5.87. The zero-order valence-corrected chi connectivity index (χ0v) is 13.5. The molecule has 1 N–H and O–H groups in total. The van der Waals surface area contributed by atoms with E-state index in [-0.39, 0.29) is 0 Å². The molecule has 0 aliphatic carbocycles. The van der Waals surface area contributed by atoms with Crippen LogP contribution in [-0.2, 0) is 24.6 Å². The second kappa shape index (κ2) is 7.43. The largest absolute Gasteiger partial charge is 0.381 e. The molecule has 20 heavy (non-hydrogen) atoms. The van der Waals surface area contributed by atoms with Crippen LogP contribution in [0.4, 0.5) is 0 Å². The lowest BCUT2D eigenvalue weighted by atomic mass is 9.90. The highest BCUT2D eigenvalue weighted by molar-refractivity contribution is 6.31. The maximum absolute atomic E-state index is 6.47. The van der Waals surface area contributed by atoms with Crippen molar-refractivity contribution in [3.8, 4) is 0 Å². The van der Waals surface area contributed by atoms with Crippen molar-refractivity contribution in [1.29, 1.82) is 0 Å². The highest BCUT2D eigenvalue weighted by atomic mass is 35.5. The number of aryl methyl sites for hydroxylation is 2. The van der Waals surface area contributed by atoms with Gasteiger partial charge in [-0.05, 0) is 31.7 Å². The van der Waals surface area contributed by atoms with Gasteiger partial charge in [0.05, 0.1) is 23.0 Å². The summed E-state index contributed by atoms with van der Waals surface area (Å²) in [6.07, 6.45) is 4.19. The SMILES string of the molecule is CCNC(Cc1c(Cl)c(CC)nn1C)C1CCCOC1. The average molecular weight is 300 g/mol. The fourth-order valence-electron chi connectivity index (χ4n) is 3.00. The molecular formula is C15H26ClN3O. The van der Waals surface area contributed by atoms with E-state index in [0.717, 1.165) is 55.4 Å². The highest BCUT2D eigenvalue weighted by Crippen LogP contribution is 2.26. The third-order valence-corrected chi connectivity index (χ3v) is 4.58. The Morgan fingerprint density at radius 2 is 2.30 bits per heavy atom. The second-order valence-corrected chi connectivity index (χ2v) is 5.91. The normalized spacial score (nSPS) is 21.1. The fraction of sp³-hybridized carbons (Fsp3) is 0.800. The van der Waals surface area contributed by atoms with E-state index in [0.29, 0.717) is 12.0 Å². The number of ether oxygens (including phenoxy) is 1. The van der Waals surface area contributed by atoms with Crippen molar-refractivity contribution in [2.75, 3.05) is 19.8 Å². The van der Waals surface area contributed by atoms with Crippen LogP contribution in [0.15, 0.2) is 0 Å². The van der Waals surface area contributed by atoms with E-state index in [9.17, 15) is 0 Å². The molecule has 0 bridgehead atoms. The van der Waals surface area contributed by atoms with Gasteiger partial charge in [0, 0.05) is 26.1 Å². The summed E-state index contributed by atoms with van der Waals surface area (Å²) in [5.41, 5.74) is 2.14. The third-order valence-electron chi connectivity index (χ3n) is 4.15. The Labute approximate surface area is 126 Å². The molecule has 0 saturated carbocycles. The molecule has 0 spiro atoms. The number of aromatic nitrogens is 2. The first-order valence-corrected chi connectivity index (χ1v) is 8.06. The topological polar surface area (TPSA) is 39.1 Å². The first-order chi connectivity index (χ1) is 9.67. The minimum atomic E-state index is 0.415. The molecule has 1 aromatic heterocycles. The Hall–Kier alpha value is -0.580. The van der Waals surface area contributed by atoms with Gasteiger partial charge in [0.15, 0.2) is 0 Å². The maximum atomic E-state index is 6.47. The molecule has 2 heterocycles. The Bertz CT molecular complexity index is 427. The van der Waals surface area contributed by atoms with Crippen LogP contribution >= 0.6 is 11.6 Å². The van der Waals surface area contributed by atoms with Crippen LogP contribution in [0.2, 0.25) is 5.02 Å². The monoisotopic (exact) mass is 299 g/mol. The van der Waals surface area contributed by atoms with Crippen LogP contribution in [0.1, 0.15) is 38.1 Å². The van der Waals surface area contributed by atoms with E-state index in [1.165, 1.54) is 6.42 Å². The van der Waals surface area contributed by atoms with E-state index < -0.39 is 0 Å². The van der Waals surface area contributed by atoms with E-state index in [4.69, 9.17) is 16.3 Å². The van der Waals surface area contributed by atoms with Crippen LogP contribution < -0.4 is 5.32 Å². The number of nitrogens with one attached hydrogen (secondary N) is 1. The van der Waals surface area contributed by atoms with Gasteiger partial charge < -0.3 is 10.1 Å². The number of likely N-dealkylation sites (N-methyl/N-ethyl adjacent to an activating group) is 1. The second-order valence-electron chi connectivity index (χ2n) is 5.53. The number of hydrogen-bond donors (Lipinski definition) is 1. The molecule has 4 nitrogen and oxygen atoms in total. The molecule has 2 rings (SSSR count). The summed E-state index contributed by atoms with van der Waals surface area (Å²) in [4.78, 5) is 0. The minimum Gasteiger partial charge on any atom is -0.381 e. The molecule has 2 unspecified atom stereocenters. The van der Waals surface area contributed by atoms with Crippen molar-refractivity contribution in [1.82, 2.24) is 15.1 Å². The van der Waals surface area contributed by atoms with Crippen molar-refractivity contribution in [3.63, 3.8) is 0 Å². The molecular weight excluding hydrogens is 274 g/mol. The first kappa shape index (κ1) is 15.8. The average Bonchev–Trinajstić information content (AvgIpc) is 2.75. The molecule has 1 aliphatic heterocycles. The van der Waals surface area contributed by atoms with E-state index in [1.807, 2.05) is 11.7 Å². The molecule has 0 amide bonds. The molecule has 0 radical (unpaired) electrons. The van der Waals surface area contributed by atoms with Gasteiger partial charge >= 0.3 is 0 Å². The van der Waals surface area contributed by atoms with E-state index in [2.05, 4.69) is 24.3 Å². The van der Waals surface area contributed by atoms with Crippen molar-refractivity contribution in [3.05, 3.63) is 16.4 Å². The summed E-state index contributed by atoms with van der Waals surface area (Å²) >= 11 is 6.47. The van der Waals surface area contributed by atoms with Crippen molar-refractivity contribution < 1.29 is 4.74 Å². The zero-order valence-electron chi connectivity index (χ0n) is 12.8. The summed E-state index contributed by atoms with van der Waals surface area (Å²) in [7, 11) is 1.99. The highest BCUT2D eigenvalue weighted by Gasteiger charge is 2.26. The van der Waals surface area contributed by atoms with E-state index >= 15 is 0 Å². The van der Waals surface area contributed by atoms with E-state index in [1.54, 1.807) is 0 Å². The molecule has 114 valence electrons. The first-order valence-electron chi connectivity index (χ1n) is 7.68. The molecule has 1 fully saturated rings. The van der Waals surface area contributed by atoms with Gasteiger partial charge in [0.1, 0.15) is 0 Å². The summed E-state index contributed by atoms with van der Waals surface area (Å²) in [5.74, 6) is 0.569. The number of nitrogens with zero attached hydrogens (tertiary/aromatic N) is 2. The predicted molar refractivity (Wildman–Crippen MR) is 82.3 cm³/mol.